The molecule has 0 aromatic heterocycles. The van der Waals surface area contributed by atoms with Crippen molar-refractivity contribution in [2.45, 2.75) is 36.5 Å². The van der Waals surface area contributed by atoms with Gasteiger partial charge in [0.15, 0.2) is 0 Å². The van der Waals surface area contributed by atoms with Crippen LogP contribution in [0.1, 0.15) is 31.2 Å². The first-order chi connectivity index (χ1) is 8.72. The van der Waals surface area contributed by atoms with Crippen LogP contribution in [0.4, 0.5) is 0 Å². The number of alkyl halides is 1. The fraction of sp³-hybridized carbons (Fsp3) is 0.533. The van der Waals surface area contributed by atoms with Crippen molar-refractivity contribution in [1.82, 2.24) is 5.32 Å². The monoisotopic (exact) mass is 263 g/mol. The van der Waals surface area contributed by atoms with E-state index in [1.807, 2.05) is 30.3 Å². The molecule has 0 spiro atoms. The van der Waals surface area contributed by atoms with Gasteiger partial charge in [0, 0.05) is 6.54 Å². The summed E-state index contributed by atoms with van der Waals surface area (Å²) in [6.45, 7) is 0.611. The minimum absolute atomic E-state index is 0.112. The van der Waals surface area contributed by atoms with Crippen LogP contribution in [0.5, 0.6) is 0 Å². The molecule has 2 fully saturated rings. The molecule has 96 valence electrons. The van der Waals surface area contributed by atoms with E-state index in [4.69, 9.17) is 11.6 Å². The zero-order chi connectivity index (χ0) is 12.6. The van der Waals surface area contributed by atoms with Crippen LogP contribution in [-0.2, 0) is 10.2 Å². The van der Waals surface area contributed by atoms with Gasteiger partial charge in [-0.15, -0.1) is 11.6 Å². The Hall–Kier alpha value is -1.02. The van der Waals surface area contributed by atoms with Gasteiger partial charge in [-0.2, -0.15) is 0 Å². The average molecular weight is 264 g/mol. The molecule has 2 saturated carbocycles. The first kappa shape index (κ1) is 12.0. The van der Waals surface area contributed by atoms with Crippen LogP contribution in [0, 0.1) is 5.92 Å². The Morgan fingerprint density at radius 3 is 2.56 bits per heavy atom. The van der Waals surface area contributed by atoms with Gasteiger partial charge in [0.05, 0.1) is 10.8 Å². The number of carbonyl (C=O) groups excluding carboxylic acids is 1. The maximum absolute atomic E-state index is 12.3. The highest BCUT2D eigenvalue weighted by Gasteiger charge is 2.51. The van der Waals surface area contributed by atoms with Gasteiger partial charge in [-0.3, -0.25) is 4.79 Å². The number of carbonyl (C=O) groups is 1. The molecule has 1 N–H and O–H groups in total. The van der Waals surface area contributed by atoms with Crippen molar-refractivity contribution < 1.29 is 4.79 Å². The minimum Gasteiger partial charge on any atom is -0.354 e. The Labute approximate surface area is 113 Å². The number of benzene rings is 1. The van der Waals surface area contributed by atoms with Crippen molar-refractivity contribution in [3.05, 3.63) is 35.9 Å². The van der Waals surface area contributed by atoms with E-state index in [0.717, 1.165) is 18.4 Å². The first-order valence-electron chi connectivity index (χ1n) is 6.70. The van der Waals surface area contributed by atoms with Crippen LogP contribution in [0.25, 0.3) is 0 Å². The van der Waals surface area contributed by atoms with Crippen LogP contribution in [0.2, 0.25) is 0 Å². The van der Waals surface area contributed by atoms with Crippen molar-refractivity contribution >= 4 is 17.5 Å². The fourth-order valence-electron chi connectivity index (χ4n) is 2.51. The molecule has 0 saturated heterocycles. The third-order valence-corrected chi connectivity index (χ3v) is 4.61. The van der Waals surface area contributed by atoms with Crippen LogP contribution in [0.3, 0.4) is 0 Å². The zero-order valence-electron chi connectivity index (χ0n) is 10.4. The molecule has 3 heteroatoms. The summed E-state index contributed by atoms with van der Waals surface area (Å²) in [5, 5.41) is 3.15. The molecule has 0 aliphatic heterocycles. The smallest absolute Gasteiger partial charge is 0.230 e. The molecule has 1 unspecified atom stereocenters. The van der Waals surface area contributed by atoms with Gasteiger partial charge in [-0.1, -0.05) is 30.3 Å². The van der Waals surface area contributed by atoms with E-state index in [0.29, 0.717) is 12.5 Å². The minimum atomic E-state index is -0.262. The van der Waals surface area contributed by atoms with Crippen molar-refractivity contribution in [1.29, 1.82) is 0 Å². The number of hydrogen-bond donors (Lipinski definition) is 1. The maximum Gasteiger partial charge on any atom is 0.230 e. The number of amides is 1. The van der Waals surface area contributed by atoms with Crippen LogP contribution in [-0.4, -0.2) is 17.8 Å². The lowest BCUT2D eigenvalue weighted by atomic mass is 9.95. The Morgan fingerprint density at radius 2 is 2.00 bits per heavy atom. The molecular formula is C15H18ClNO. The number of rotatable bonds is 5. The second-order valence-corrected chi connectivity index (χ2v) is 6.07. The second kappa shape index (κ2) is 4.58. The van der Waals surface area contributed by atoms with Gasteiger partial charge in [0.25, 0.3) is 0 Å². The average Bonchev–Trinajstić information content (AvgIpc) is 3.30. The Balaban J connectivity index is 1.61. The van der Waals surface area contributed by atoms with E-state index in [9.17, 15) is 4.79 Å². The molecule has 18 heavy (non-hydrogen) atoms. The van der Waals surface area contributed by atoms with E-state index in [1.165, 1.54) is 12.8 Å². The van der Waals surface area contributed by atoms with Gasteiger partial charge < -0.3 is 5.32 Å². The molecule has 2 aliphatic carbocycles. The molecule has 0 heterocycles. The molecule has 3 rings (SSSR count). The Bertz CT molecular complexity index is 437. The normalized spacial score (nSPS) is 22.3. The van der Waals surface area contributed by atoms with Crippen LogP contribution in [0.15, 0.2) is 30.3 Å². The van der Waals surface area contributed by atoms with E-state index < -0.39 is 0 Å². The van der Waals surface area contributed by atoms with E-state index in [-0.39, 0.29) is 16.7 Å². The lowest BCUT2D eigenvalue weighted by Gasteiger charge is -2.17. The highest BCUT2D eigenvalue weighted by atomic mass is 35.5. The van der Waals surface area contributed by atoms with Gasteiger partial charge in [0.1, 0.15) is 0 Å². The third kappa shape index (κ3) is 2.26. The summed E-state index contributed by atoms with van der Waals surface area (Å²) in [6.07, 6.45) is 4.35. The Morgan fingerprint density at radius 1 is 1.33 bits per heavy atom. The van der Waals surface area contributed by atoms with Crippen molar-refractivity contribution in [3.63, 3.8) is 0 Å². The predicted molar refractivity (Wildman–Crippen MR) is 72.7 cm³/mol. The summed E-state index contributed by atoms with van der Waals surface area (Å²) in [6, 6.07) is 10.1. The Kier molecular flexibility index (Phi) is 3.06. The largest absolute Gasteiger partial charge is 0.354 e. The van der Waals surface area contributed by atoms with Crippen molar-refractivity contribution in [3.8, 4) is 0 Å². The third-order valence-electron chi connectivity index (χ3n) is 4.10. The maximum atomic E-state index is 12.3. The molecule has 2 aliphatic rings. The summed E-state index contributed by atoms with van der Waals surface area (Å²) in [5.41, 5.74) is 0.876. The predicted octanol–water partition coefficient (Wildman–Crippen LogP) is 2.85. The summed E-state index contributed by atoms with van der Waals surface area (Å²) in [7, 11) is 0. The van der Waals surface area contributed by atoms with E-state index in [1.54, 1.807) is 0 Å². The lowest BCUT2D eigenvalue weighted by molar-refractivity contribution is -0.123. The number of halogens is 1. The van der Waals surface area contributed by atoms with Gasteiger partial charge in [-0.25, -0.2) is 0 Å². The number of hydrogen-bond acceptors (Lipinski definition) is 1. The number of nitrogens with one attached hydrogen (secondary N) is 1. The second-order valence-electron chi connectivity index (χ2n) is 5.51. The van der Waals surface area contributed by atoms with Gasteiger partial charge in [0.2, 0.25) is 5.91 Å². The molecule has 0 radical (unpaired) electrons. The van der Waals surface area contributed by atoms with E-state index in [2.05, 4.69) is 5.32 Å². The highest BCUT2D eigenvalue weighted by molar-refractivity contribution is 6.21. The summed E-state index contributed by atoms with van der Waals surface area (Å²) in [4.78, 5) is 12.3. The van der Waals surface area contributed by atoms with Crippen molar-refractivity contribution in [2.75, 3.05) is 6.54 Å². The molecule has 1 aromatic carbocycles. The van der Waals surface area contributed by atoms with Gasteiger partial charge >= 0.3 is 0 Å². The van der Waals surface area contributed by atoms with E-state index >= 15 is 0 Å². The molecule has 0 bridgehead atoms. The lowest BCUT2D eigenvalue weighted by Crippen LogP contribution is -2.38. The highest BCUT2D eigenvalue weighted by Crippen LogP contribution is 2.48. The zero-order valence-corrected chi connectivity index (χ0v) is 11.1. The summed E-state index contributed by atoms with van der Waals surface area (Å²) >= 11 is 6.22. The molecule has 1 amide bonds. The SMILES string of the molecule is O=C(NCC(Cl)C1CC1)C1(c2ccccc2)CC1. The molecular weight excluding hydrogens is 246 g/mol. The van der Waals surface area contributed by atoms with Crippen molar-refractivity contribution in [2.24, 2.45) is 5.92 Å². The van der Waals surface area contributed by atoms with Crippen LogP contribution < -0.4 is 5.32 Å². The molecule has 2 nitrogen and oxygen atoms in total. The topological polar surface area (TPSA) is 29.1 Å². The fourth-order valence-corrected chi connectivity index (χ4v) is 2.84. The quantitative estimate of drug-likeness (QED) is 0.814. The van der Waals surface area contributed by atoms with Gasteiger partial charge in [-0.05, 0) is 37.2 Å². The van der Waals surface area contributed by atoms with Crippen LogP contribution >= 0.6 is 11.6 Å². The first-order valence-corrected chi connectivity index (χ1v) is 7.14. The standard InChI is InChI=1S/C15H18ClNO/c16-13(11-6-7-11)10-17-14(18)15(8-9-15)12-4-2-1-3-5-12/h1-5,11,13H,6-10H2,(H,17,18). The summed E-state index contributed by atoms with van der Waals surface area (Å²) in [5.74, 6) is 0.777. The summed E-state index contributed by atoms with van der Waals surface area (Å²) < 4.78 is 0. The molecule has 1 atom stereocenters. The molecule has 1 aromatic rings.